The third-order valence-electron chi connectivity index (χ3n) is 2.15. The molecule has 0 radical (unpaired) electrons. The molecule has 1 aromatic carbocycles. The topological polar surface area (TPSA) is 27.1 Å². The normalized spacial score (nSPS) is 10.8. The summed E-state index contributed by atoms with van der Waals surface area (Å²) in [4.78, 5) is 0. The Balaban J connectivity index is 2.64. The summed E-state index contributed by atoms with van der Waals surface area (Å²) in [5.41, 5.74) is 0.965. The summed E-state index contributed by atoms with van der Waals surface area (Å²) < 4.78 is 8.07. The van der Waals surface area contributed by atoms with Crippen molar-refractivity contribution in [3.63, 3.8) is 0 Å². The van der Waals surface area contributed by atoms with Gasteiger partial charge in [0.1, 0.15) is 5.75 Å². The van der Waals surface area contributed by atoms with E-state index in [0.29, 0.717) is 0 Å². The summed E-state index contributed by atoms with van der Waals surface area (Å²) in [7, 11) is 1.66. The summed E-state index contributed by atoms with van der Waals surface area (Å²) in [6, 6.07) is 3.96. The maximum atomic E-state index is 5.20. The monoisotopic (exact) mass is 254 g/mol. The Morgan fingerprint density at radius 2 is 2.29 bits per heavy atom. The third-order valence-corrected chi connectivity index (χ3v) is 2.77. The number of aryl methyl sites for hydroxylation is 1. The van der Waals surface area contributed by atoms with Crippen LogP contribution in [0.5, 0.6) is 5.75 Å². The van der Waals surface area contributed by atoms with Crippen LogP contribution in [0.4, 0.5) is 0 Å². The molecular formula is C10H11BrN2O. The predicted molar refractivity (Wildman–Crippen MR) is 59.7 cm³/mol. The molecule has 1 aromatic heterocycles. The molecule has 0 unspecified atom stereocenters. The van der Waals surface area contributed by atoms with Crippen molar-refractivity contribution in [2.45, 2.75) is 13.5 Å². The molecule has 2 aromatic rings. The van der Waals surface area contributed by atoms with Crippen LogP contribution in [0.3, 0.4) is 0 Å². The highest BCUT2D eigenvalue weighted by Gasteiger charge is 2.05. The average molecular weight is 255 g/mol. The largest absolute Gasteiger partial charge is 0.495 e. The van der Waals surface area contributed by atoms with Gasteiger partial charge in [-0.15, -0.1) is 0 Å². The number of nitrogens with zero attached hydrogens (tertiary/aromatic N) is 2. The van der Waals surface area contributed by atoms with Gasteiger partial charge >= 0.3 is 0 Å². The molecule has 74 valence electrons. The molecule has 4 heteroatoms. The smallest absolute Gasteiger partial charge is 0.135 e. The fourth-order valence-electron chi connectivity index (χ4n) is 1.39. The van der Waals surface area contributed by atoms with Crippen molar-refractivity contribution in [2.24, 2.45) is 0 Å². The molecule has 0 amide bonds. The number of fused-ring (bicyclic) bond motifs is 1. The van der Waals surface area contributed by atoms with Gasteiger partial charge in [0.05, 0.1) is 17.1 Å². The SMILES string of the molecule is CCn1cc2cc(Br)c(OC)cc2n1. The van der Waals surface area contributed by atoms with E-state index in [9.17, 15) is 0 Å². The maximum absolute atomic E-state index is 5.20. The van der Waals surface area contributed by atoms with E-state index in [1.165, 1.54) is 0 Å². The first-order valence-electron chi connectivity index (χ1n) is 4.45. The predicted octanol–water partition coefficient (Wildman–Crippen LogP) is 2.83. The molecule has 1 heterocycles. The van der Waals surface area contributed by atoms with Gasteiger partial charge in [-0.05, 0) is 28.9 Å². The molecule has 0 spiro atoms. The van der Waals surface area contributed by atoms with Crippen molar-refractivity contribution in [1.82, 2.24) is 9.78 Å². The second kappa shape index (κ2) is 3.61. The number of hydrogen-bond acceptors (Lipinski definition) is 2. The lowest BCUT2D eigenvalue weighted by molar-refractivity contribution is 0.412. The first-order chi connectivity index (χ1) is 6.74. The van der Waals surface area contributed by atoms with Crippen LogP contribution in [-0.4, -0.2) is 16.9 Å². The van der Waals surface area contributed by atoms with Crippen LogP contribution < -0.4 is 4.74 Å². The van der Waals surface area contributed by atoms with Gasteiger partial charge in [-0.2, -0.15) is 5.10 Å². The lowest BCUT2D eigenvalue weighted by atomic mass is 10.2. The van der Waals surface area contributed by atoms with Crippen LogP contribution in [0.15, 0.2) is 22.8 Å². The second-order valence-corrected chi connectivity index (χ2v) is 3.88. The van der Waals surface area contributed by atoms with Crippen molar-refractivity contribution in [3.05, 3.63) is 22.8 Å². The average Bonchev–Trinajstić information content (AvgIpc) is 2.58. The van der Waals surface area contributed by atoms with Crippen molar-refractivity contribution in [1.29, 1.82) is 0 Å². The van der Waals surface area contributed by atoms with Crippen LogP contribution >= 0.6 is 15.9 Å². The summed E-state index contributed by atoms with van der Waals surface area (Å²) in [5.74, 6) is 0.818. The Bertz CT molecular complexity index is 464. The van der Waals surface area contributed by atoms with Crippen LogP contribution in [0.1, 0.15) is 6.92 Å². The van der Waals surface area contributed by atoms with Gasteiger partial charge < -0.3 is 4.74 Å². The minimum Gasteiger partial charge on any atom is -0.495 e. The molecular weight excluding hydrogens is 244 g/mol. The molecule has 0 saturated heterocycles. The van der Waals surface area contributed by atoms with Gasteiger partial charge in [0.15, 0.2) is 0 Å². The van der Waals surface area contributed by atoms with E-state index in [0.717, 1.165) is 27.7 Å². The van der Waals surface area contributed by atoms with Crippen LogP contribution in [0.2, 0.25) is 0 Å². The lowest BCUT2D eigenvalue weighted by Gasteiger charge is -2.01. The standard InChI is InChI=1S/C10H11BrN2O/c1-3-13-6-7-4-8(11)10(14-2)5-9(7)12-13/h4-6H,3H2,1-2H3. The van der Waals surface area contributed by atoms with E-state index in [2.05, 4.69) is 28.0 Å². The summed E-state index contributed by atoms with van der Waals surface area (Å²) in [6.45, 7) is 2.95. The van der Waals surface area contributed by atoms with E-state index in [-0.39, 0.29) is 0 Å². The molecule has 14 heavy (non-hydrogen) atoms. The molecule has 0 saturated carbocycles. The minimum atomic E-state index is 0.818. The summed E-state index contributed by atoms with van der Waals surface area (Å²) in [6.07, 6.45) is 2.03. The first kappa shape index (κ1) is 9.52. The van der Waals surface area contributed by atoms with Gasteiger partial charge in [-0.1, -0.05) is 0 Å². The van der Waals surface area contributed by atoms with Gasteiger partial charge in [-0.25, -0.2) is 0 Å². The molecule has 0 aliphatic rings. The van der Waals surface area contributed by atoms with Gasteiger partial charge in [0.2, 0.25) is 0 Å². The van der Waals surface area contributed by atoms with Crippen LogP contribution in [0.25, 0.3) is 10.9 Å². The number of methoxy groups -OCH3 is 1. The van der Waals surface area contributed by atoms with Gasteiger partial charge in [0, 0.05) is 24.2 Å². The number of hydrogen-bond donors (Lipinski definition) is 0. The Kier molecular flexibility index (Phi) is 2.46. The quantitative estimate of drug-likeness (QED) is 0.825. The molecule has 0 aliphatic carbocycles. The fraction of sp³-hybridized carbons (Fsp3) is 0.300. The van der Waals surface area contributed by atoms with Crippen molar-refractivity contribution in [3.8, 4) is 5.75 Å². The Morgan fingerprint density at radius 3 is 2.93 bits per heavy atom. The van der Waals surface area contributed by atoms with E-state index in [4.69, 9.17) is 4.74 Å². The number of aromatic nitrogens is 2. The van der Waals surface area contributed by atoms with Crippen LogP contribution in [0, 0.1) is 0 Å². The van der Waals surface area contributed by atoms with Gasteiger partial charge in [0.25, 0.3) is 0 Å². The number of benzene rings is 1. The highest BCUT2D eigenvalue weighted by Crippen LogP contribution is 2.29. The summed E-state index contributed by atoms with van der Waals surface area (Å²) >= 11 is 3.45. The van der Waals surface area contributed by atoms with E-state index >= 15 is 0 Å². The molecule has 0 fully saturated rings. The second-order valence-electron chi connectivity index (χ2n) is 3.03. The Hall–Kier alpha value is -1.03. The maximum Gasteiger partial charge on any atom is 0.135 e. The molecule has 0 aliphatic heterocycles. The molecule has 2 rings (SSSR count). The number of ether oxygens (including phenoxy) is 1. The number of halogens is 1. The van der Waals surface area contributed by atoms with Crippen molar-refractivity contribution >= 4 is 26.8 Å². The lowest BCUT2D eigenvalue weighted by Crippen LogP contribution is -1.92. The molecule has 3 nitrogen and oxygen atoms in total. The highest BCUT2D eigenvalue weighted by molar-refractivity contribution is 9.10. The van der Waals surface area contributed by atoms with E-state index < -0.39 is 0 Å². The van der Waals surface area contributed by atoms with Crippen molar-refractivity contribution in [2.75, 3.05) is 7.11 Å². The van der Waals surface area contributed by atoms with E-state index in [1.807, 2.05) is 23.0 Å². The highest BCUT2D eigenvalue weighted by atomic mass is 79.9. The van der Waals surface area contributed by atoms with Gasteiger partial charge in [-0.3, -0.25) is 4.68 Å². The zero-order chi connectivity index (χ0) is 10.1. The van der Waals surface area contributed by atoms with Crippen LogP contribution in [-0.2, 0) is 6.54 Å². The van der Waals surface area contributed by atoms with E-state index in [1.54, 1.807) is 7.11 Å². The zero-order valence-electron chi connectivity index (χ0n) is 8.12. The molecule has 0 atom stereocenters. The third kappa shape index (κ3) is 1.50. The van der Waals surface area contributed by atoms with Crippen molar-refractivity contribution < 1.29 is 4.74 Å². The Labute approximate surface area is 90.8 Å². The minimum absolute atomic E-state index is 0.818. The zero-order valence-corrected chi connectivity index (χ0v) is 9.71. The summed E-state index contributed by atoms with van der Waals surface area (Å²) in [5, 5.41) is 5.52. The fourth-order valence-corrected chi connectivity index (χ4v) is 1.92. The first-order valence-corrected chi connectivity index (χ1v) is 5.24. The number of rotatable bonds is 2. The molecule has 0 bridgehead atoms. The molecule has 0 N–H and O–H groups in total. The Morgan fingerprint density at radius 1 is 1.50 bits per heavy atom.